The number of aromatic nitrogens is 5. The Bertz CT molecular complexity index is 1930. The first kappa shape index (κ1) is 33.8. The molecule has 0 spiro atoms. The number of imide groups is 1. The van der Waals surface area contributed by atoms with Gasteiger partial charge in [0.2, 0.25) is 11.9 Å². The van der Waals surface area contributed by atoms with Crippen LogP contribution in [0.25, 0.3) is 10.9 Å². The number of hydrogen-bond acceptors (Lipinski definition) is 11. The van der Waals surface area contributed by atoms with Gasteiger partial charge in [0.25, 0.3) is 5.91 Å². The van der Waals surface area contributed by atoms with E-state index in [1.165, 1.54) is 17.5 Å². The maximum Gasteiger partial charge on any atom is 0.329 e. The molecule has 272 valence electrons. The van der Waals surface area contributed by atoms with E-state index in [4.69, 9.17) is 10.8 Å². The Hall–Kier alpha value is -5.31. The number of carbonyl (C=O) groups excluding carboxylic acids is 3. The monoisotopic (exact) mass is 706 g/mol. The van der Waals surface area contributed by atoms with Crippen molar-refractivity contribution in [2.45, 2.75) is 57.4 Å². The second-order valence-corrected chi connectivity index (χ2v) is 14.4. The van der Waals surface area contributed by atoms with Gasteiger partial charge in [0.15, 0.2) is 0 Å². The van der Waals surface area contributed by atoms with E-state index in [-0.39, 0.29) is 29.9 Å². The number of pyridine rings is 1. The molecule has 15 nitrogen and oxygen atoms in total. The fourth-order valence-corrected chi connectivity index (χ4v) is 8.06. The molecule has 1 aromatic carbocycles. The lowest BCUT2D eigenvalue weighted by Gasteiger charge is -2.38. The topological polar surface area (TPSA) is 171 Å². The number of nitrogens with one attached hydrogen (secondary N) is 2. The molecule has 7 heterocycles. The van der Waals surface area contributed by atoms with Crippen LogP contribution in [0, 0.1) is 5.92 Å². The zero-order valence-electron chi connectivity index (χ0n) is 29.4. The maximum atomic E-state index is 13.2. The van der Waals surface area contributed by atoms with Gasteiger partial charge < -0.3 is 25.8 Å². The first-order valence-corrected chi connectivity index (χ1v) is 18.6. The molecule has 0 saturated carbocycles. The second-order valence-electron chi connectivity index (χ2n) is 14.4. The maximum absolute atomic E-state index is 13.2. The SMILES string of the molecule is Nc1nccc(C(=O)Nc2cc3cn(C4CCN(CC5CCN(c6ccc(N7CCC(=O)NC7=O)nc6)CC5)CC4)nc3cc2N2CCCCC2)n1. The number of likely N-dealkylation sites (tertiary alicyclic amines) is 1. The van der Waals surface area contributed by atoms with Crippen LogP contribution in [0.3, 0.4) is 0 Å². The Morgan fingerprint density at radius 1 is 0.904 bits per heavy atom. The van der Waals surface area contributed by atoms with Crippen molar-refractivity contribution >= 4 is 57.6 Å². The number of rotatable bonds is 8. The lowest BCUT2D eigenvalue weighted by molar-refractivity contribution is -0.120. The first-order valence-electron chi connectivity index (χ1n) is 18.6. The van der Waals surface area contributed by atoms with Crippen LogP contribution in [0.5, 0.6) is 0 Å². The van der Waals surface area contributed by atoms with E-state index in [9.17, 15) is 14.4 Å². The quantitative estimate of drug-likeness (QED) is 0.242. The third-order valence-corrected chi connectivity index (χ3v) is 11.0. The van der Waals surface area contributed by atoms with Crippen LogP contribution in [-0.2, 0) is 4.79 Å². The molecule has 4 aliphatic heterocycles. The molecule has 0 radical (unpaired) electrons. The molecular weight excluding hydrogens is 660 g/mol. The van der Waals surface area contributed by atoms with Gasteiger partial charge >= 0.3 is 6.03 Å². The molecule has 4 N–H and O–H groups in total. The summed E-state index contributed by atoms with van der Waals surface area (Å²) in [6, 6.07) is 9.56. The normalized spacial score (nSPS) is 19.7. The van der Waals surface area contributed by atoms with Crippen molar-refractivity contribution < 1.29 is 14.4 Å². The number of anilines is 5. The summed E-state index contributed by atoms with van der Waals surface area (Å²) in [4.78, 5) is 58.3. The minimum Gasteiger partial charge on any atom is -0.370 e. The standard InChI is InChI=1S/C37H46N12O3/c38-36-39-12-6-29(42-36)35(51)41-31-20-26-24-49(44-30(26)21-32(31)47-13-2-1-3-14-47)27-9-15-45(16-10-27)23-25-7-17-46(18-8-25)28-4-5-33(40-22-28)48-19-11-34(50)43-37(48)52/h4-6,12,20-22,24-25,27H,1-3,7-11,13-19,23H2,(H,41,51)(H2,38,39,42)(H,43,50,52). The van der Waals surface area contributed by atoms with E-state index in [0.717, 1.165) is 112 Å². The molecule has 15 heteroatoms. The number of piperidine rings is 3. The molecule has 4 fully saturated rings. The zero-order chi connectivity index (χ0) is 35.6. The van der Waals surface area contributed by atoms with Gasteiger partial charge in [-0.05, 0) is 81.2 Å². The van der Waals surface area contributed by atoms with Gasteiger partial charge in [-0.15, -0.1) is 0 Å². The first-order chi connectivity index (χ1) is 25.4. The fourth-order valence-electron chi connectivity index (χ4n) is 8.06. The molecule has 0 unspecified atom stereocenters. The predicted molar refractivity (Wildman–Crippen MR) is 200 cm³/mol. The van der Waals surface area contributed by atoms with E-state index in [0.29, 0.717) is 24.3 Å². The van der Waals surface area contributed by atoms with Gasteiger partial charge in [0.1, 0.15) is 11.5 Å². The molecule has 4 aromatic rings. The summed E-state index contributed by atoms with van der Waals surface area (Å²) in [7, 11) is 0. The molecule has 8 rings (SSSR count). The number of urea groups is 1. The average Bonchev–Trinajstić information content (AvgIpc) is 3.59. The summed E-state index contributed by atoms with van der Waals surface area (Å²) in [6.45, 7) is 7.41. The largest absolute Gasteiger partial charge is 0.370 e. The summed E-state index contributed by atoms with van der Waals surface area (Å²) < 4.78 is 2.15. The Labute approximate surface area is 302 Å². The zero-order valence-corrected chi connectivity index (χ0v) is 29.4. The van der Waals surface area contributed by atoms with Crippen molar-refractivity contribution in [2.75, 3.05) is 78.1 Å². The number of hydrogen-bond donors (Lipinski definition) is 3. The van der Waals surface area contributed by atoms with Crippen LogP contribution in [0.15, 0.2) is 48.9 Å². The van der Waals surface area contributed by atoms with Crippen molar-refractivity contribution in [3.63, 3.8) is 0 Å². The molecule has 52 heavy (non-hydrogen) atoms. The number of carbonyl (C=O) groups is 3. The third kappa shape index (κ3) is 7.36. The van der Waals surface area contributed by atoms with Crippen LogP contribution in [0.2, 0.25) is 0 Å². The number of amides is 4. The van der Waals surface area contributed by atoms with Gasteiger partial charge in [-0.25, -0.2) is 19.7 Å². The summed E-state index contributed by atoms with van der Waals surface area (Å²) in [5.74, 6) is 0.735. The van der Waals surface area contributed by atoms with Crippen LogP contribution < -0.4 is 31.1 Å². The number of nitrogens with zero attached hydrogens (tertiary/aromatic N) is 9. The highest BCUT2D eigenvalue weighted by molar-refractivity contribution is 6.07. The molecule has 4 aliphatic rings. The van der Waals surface area contributed by atoms with E-state index in [2.05, 4.69) is 57.2 Å². The molecular formula is C37H46N12O3. The van der Waals surface area contributed by atoms with E-state index < -0.39 is 6.03 Å². The number of nitrogens with two attached hydrogens (primary N) is 1. The van der Waals surface area contributed by atoms with Crippen molar-refractivity contribution in [3.8, 4) is 0 Å². The van der Waals surface area contributed by atoms with E-state index in [1.54, 1.807) is 6.07 Å². The number of benzene rings is 1. The lowest BCUT2D eigenvalue weighted by Crippen LogP contribution is -2.49. The average molecular weight is 707 g/mol. The highest BCUT2D eigenvalue weighted by Crippen LogP contribution is 2.35. The Kier molecular flexibility index (Phi) is 9.58. The molecule has 4 saturated heterocycles. The van der Waals surface area contributed by atoms with E-state index >= 15 is 0 Å². The van der Waals surface area contributed by atoms with Crippen LogP contribution >= 0.6 is 0 Å². The van der Waals surface area contributed by atoms with Gasteiger partial charge in [-0.2, -0.15) is 5.10 Å². The Balaban J connectivity index is 0.862. The van der Waals surface area contributed by atoms with E-state index in [1.807, 2.05) is 24.4 Å². The summed E-state index contributed by atoms with van der Waals surface area (Å²) >= 11 is 0. The van der Waals surface area contributed by atoms with Gasteiger partial charge in [-0.3, -0.25) is 24.5 Å². The molecule has 4 amide bonds. The molecule has 0 atom stereocenters. The summed E-state index contributed by atoms with van der Waals surface area (Å²) in [5.41, 5.74) is 9.74. The van der Waals surface area contributed by atoms with Gasteiger partial charge in [-0.1, -0.05) is 0 Å². The van der Waals surface area contributed by atoms with Gasteiger partial charge in [0.05, 0.1) is 34.8 Å². The lowest BCUT2D eigenvalue weighted by atomic mass is 9.94. The van der Waals surface area contributed by atoms with Crippen molar-refractivity contribution in [3.05, 3.63) is 54.6 Å². The Morgan fingerprint density at radius 3 is 2.44 bits per heavy atom. The summed E-state index contributed by atoms with van der Waals surface area (Å²) in [6.07, 6.45) is 13.6. The second kappa shape index (κ2) is 14.7. The smallest absolute Gasteiger partial charge is 0.329 e. The fraction of sp³-hybridized carbons (Fsp3) is 0.486. The minimum atomic E-state index is -0.412. The summed E-state index contributed by atoms with van der Waals surface area (Å²) in [5, 5.41) is 11.5. The molecule has 3 aromatic heterocycles. The number of nitrogen functional groups attached to an aromatic ring is 1. The number of fused-ring (bicyclic) bond motifs is 1. The predicted octanol–water partition coefficient (Wildman–Crippen LogP) is 4.05. The van der Waals surface area contributed by atoms with Crippen LogP contribution in [0.4, 0.5) is 33.6 Å². The molecule has 0 aliphatic carbocycles. The van der Waals surface area contributed by atoms with Crippen molar-refractivity contribution in [1.29, 1.82) is 0 Å². The van der Waals surface area contributed by atoms with Crippen LogP contribution in [0.1, 0.15) is 67.9 Å². The highest BCUT2D eigenvalue weighted by Gasteiger charge is 2.28. The third-order valence-electron chi connectivity index (χ3n) is 11.0. The van der Waals surface area contributed by atoms with Crippen molar-refractivity contribution in [2.24, 2.45) is 5.92 Å². The van der Waals surface area contributed by atoms with Crippen molar-refractivity contribution in [1.82, 2.24) is 34.9 Å². The van der Waals surface area contributed by atoms with Crippen LogP contribution in [-0.4, -0.2) is 99.8 Å². The highest BCUT2D eigenvalue weighted by atomic mass is 16.2. The molecule has 0 bridgehead atoms. The van der Waals surface area contributed by atoms with Gasteiger partial charge in [0, 0.05) is 76.6 Å². The Morgan fingerprint density at radius 2 is 1.71 bits per heavy atom. The minimum absolute atomic E-state index is 0.0707.